The Hall–Kier alpha value is -0.0800. The summed E-state index contributed by atoms with van der Waals surface area (Å²) in [6, 6.07) is 0.766. The van der Waals surface area contributed by atoms with Gasteiger partial charge in [0, 0.05) is 25.7 Å². The van der Waals surface area contributed by atoms with Gasteiger partial charge in [-0.3, -0.25) is 4.90 Å². The van der Waals surface area contributed by atoms with Crippen molar-refractivity contribution < 1.29 is 0 Å². The molecule has 1 N–H and O–H groups in total. The molecule has 2 heteroatoms. The number of rotatable bonds is 2. The maximum Gasteiger partial charge on any atom is 0.0110 e. The second-order valence-corrected chi connectivity index (χ2v) is 4.28. The summed E-state index contributed by atoms with van der Waals surface area (Å²) >= 11 is 0. The third-order valence-corrected chi connectivity index (χ3v) is 2.54. The lowest BCUT2D eigenvalue weighted by Gasteiger charge is -2.27. The predicted molar refractivity (Wildman–Crippen MR) is 53.4 cm³/mol. The van der Waals surface area contributed by atoms with Crippen molar-refractivity contribution in [2.45, 2.75) is 33.2 Å². The van der Waals surface area contributed by atoms with Crippen molar-refractivity contribution in [3.63, 3.8) is 0 Å². The van der Waals surface area contributed by atoms with E-state index in [1.54, 1.807) is 0 Å². The topological polar surface area (TPSA) is 15.3 Å². The van der Waals surface area contributed by atoms with Crippen molar-refractivity contribution in [2.75, 3.05) is 26.2 Å². The molecule has 0 aliphatic carbocycles. The van der Waals surface area contributed by atoms with Crippen LogP contribution in [0.2, 0.25) is 0 Å². The fraction of sp³-hybridized carbons (Fsp3) is 1.00. The zero-order chi connectivity index (χ0) is 8.97. The number of nitrogens with zero attached hydrogens (tertiary/aromatic N) is 1. The molecule has 1 heterocycles. The van der Waals surface area contributed by atoms with E-state index in [0.29, 0.717) is 0 Å². The SMILES string of the molecule is CC(C)CN1CCNCCC1C. The molecular formula is C10H22N2. The molecule has 1 atom stereocenters. The van der Waals surface area contributed by atoms with E-state index >= 15 is 0 Å². The molecule has 1 aliphatic rings. The van der Waals surface area contributed by atoms with Crippen molar-refractivity contribution in [3.05, 3.63) is 0 Å². The largest absolute Gasteiger partial charge is 0.315 e. The van der Waals surface area contributed by atoms with Gasteiger partial charge in [-0.15, -0.1) is 0 Å². The lowest BCUT2D eigenvalue weighted by molar-refractivity contribution is 0.196. The van der Waals surface area contributed by atoms with Gasteiger partial charge in [-0.2, -0.15) is 0 Å². The number of nitrogens with one attached hydrogen (secondary N) is 1. The van der Waals surface area contributed by atoms with E-state index in [1.165, 1.54) is 26.1 Å². The van der Waals surface area contributed by atoms with Gasteiger partial charge >= 0.3 is 0 Å². The molecule has 0 spiro atoms. The Morgan fingerprint density at radius 3 is 2.83 bits per heavy atom. The van der Waals surface area contributed by atoms with Crippen LogP contribution in [-0.2, 0) is 0 Å². The van der Waals surface area contributed by atoms with E-state index in [2.05, 4.69) is 31.0 Å². The van der Waals surface area contributed by atoms with Gasteiger partial charge in [0.25, 0.3) is 0 Å². The van der Waals surface area contributed by atoms with Gasteiger partial charge in [-0.25, -0.2) is 0 Å². The number of hydrogen-bond acceptors (Lipinski definition) is 2. The molecule has 0 amide bonds. The van der Waals surface area contributed by atoms with Crippen LogP contribution in [0.15, 0.2) is 0 Å². The van der Waals surface area contributed by atoms with Crippen molar-refractivity contribution in [3.8, 4) is 0 Å². The van der Waals surface area contributed by atoms with Gasteiger partial charge < -0.3 is 5.32 Å². The first-order valence-electron chi connectivity index (χ1n) is 5.15. The van der Waals surface area contributed by atoms with Gasteiger partial charge in [0.05, 0.1) is 0 Å². The van der Waals surface area contributed by atoms with Crippen LogP contribution in [0.4, 0.5) is 0 Å². The van der Waals surface area contributed by atoms with Gasteiger partial charge in [0.15, 0.2) is 0 Å². The first kappa shape index (κ1) is 10.0. The van der Waals surface area contributed by atoms with Crippen LogP contribution >= 0.6 is 0 Å². The van der Waals surface area contributed by atoms with Crippen LogP contribution in [0.5, 0.6) is 0 Å². The van der Waals surface area contributed by atoms with Gasteiger partial charge in [0.2, 0.25) is 0 Å². The van der Waals surface area contributed by atoms with E-state index in [0.717, 1.165) is 18.5 Å². The summed E-state index contributed by atoms with van der Waals surface area (Å²) in [5.74, 6) is 0.797. The van der Waals surface area contributed by atoms with Crippen LogP contribution < -0.4 is 5.32 Å². The summed E-state index contributed by atoms with van der Waals surface area (Å²) in [5, 5.41) is 3.44. The Kier molecular flexibility index (Phi) is 4.02. The predicted octanol–water partition coefficient (Wildman–Crippen LogP) is 1.33. The first-order chi connectivity index (χ1) is 5.70. The van der Waals surface area contributed by atoms with E-state index in [1.807, 2.05) is 0 Å². The molecule has 1 aliphatic heterocycles. The normalized spacial score (nSPS) is 27.5. The van der Waals surface area contributed by atoms with Crippen LogP contribution in [0, 0.1) is 5.92 Å². The lowest BCUT2D eigenvalue weighted by Crippen LogP contribution is -2.37. The molecule has 1 saturated heterocycles. The van der Waals surface area contributed by atoms with Crippen LogP contribution in [0.3, 0.4) is 0 Å². The maximum atomic E-state index is 3.44. The Labute approximate surface area is 76.3 Å². The van der Waals surface area contributed by atoms with E-state index in [4.69, 9.17) is 0 Å². The second kappa shape index (κ2) is 4.83. The molecule has 1 unspecified atom stereocenters. The fourth-order valence-corrected chi connectivity index (χ4v) is 1.80. The molecule has 0 saturated carbocycles. The molecule has 0 aromatic heterocycles. The standard InChI is InChI=1S/C10H22N2/c1-9(2)8-12-7-6-11-5-4-10(12)3/h9-11H,4-8H2,1-3H3. The highest BCUT2D eigenvalue weighted by atomic mass is 15.2. The van der Waals surface area contributed by atoms with Gasteiger partial charge in [-0.1, -0.05) is 13.8 Å². The molecule has 0 aromatic carbocycles. The molecule has 0 bridgehead atoms. The lowest BCUT2D eigenvalue weighted by atomic mass is 10.1. The maximum absolute atomic E-state index is 3.44. The van der Waals surface area contributed by atoms with Crippen LogP contribution in [0.25, 0.3) is 0 Å². The average Bonchev–Trinajstić information content (AvgIpc) is 2.16. The third kappa shape index (κ3) is 3.11. The van der Waals surface area contributed by atoms with Crippen molar-refractivity contribution >= 4 is 0 Å². The average molecular weight is 170 g/mol. The summed E-state index contributed by atoms with van der Waals surface area (Å²) in [5.41, 5.74) is 0. The second-order valence-electron chi connectivity index (χ2n) is 4.28. The molecule has 1 fully saturated rings. The molecule has 0 radical (unpaired) electrons. The Morgan fingerprint density at radius 1 is 1.42 bits per heavy atom. The molecule has 0 aromatic rings. The van der Waals surface area contributed by atoms with Crippen LogP contribution in [-0.4, -0.2) is 37.1 Å². The minimum absolute atomic E-state index is 0.766. The third-order valence-electron chi connectivity index (χ3n) is 2.54. The van der Waals surface area contributed by atoms with Gasteiger partial charge in [0.1, 0.15) is 0 Å². The zero-order valence-electron chi connectivity index (χ0n) is 8.64. The minimum Gasteiger partial charge on any atom is -0.315 e. The molecule has 12 heavy (non-hydrogen) atoms. The summed E-state index contributed by atoms with van der Waals surface area (Å²) < 4.78 is 0. The van der Waals surface area contributed by atoms with E-state index in [9.17, 15) is 0 Å². The van der Waals surface area contributed by atoms with Crippen molar-refractivity contribution in [1.82, 2.24) is 10.2 Å². The van der Waals surface area contributed by atoms with E-state index in [-0.39, 0.29) is 0 Å². The Morgan fingerprint density at radius 2 is 2.17 bits per heavy atom. The Bertz CT molecular complexity index is 123. The minimum atomic E-state index is 0.766. The van der Waals surface area contributed by atoms with Crippen LogP contribution in [0.1, 0.15) is 27.2 Å². The summed E-state index contributed by atoms with van der Waals surface area (Å²) in [4.78, 5) is 2.60. The van der Waals surface area contributed by atoms with Crippen molar-refractivity contribution in [2.24, 2.45) is 5.92 Å². The highest BCUT2D eigenvalue weighted by Gasteiger charge is 2.16. The fourth-order valence-electron chi connectivity index (χ4n) is 1.80. The summed E-state index contributed by atoms with van der Waals surface area (Å²) in [6.07, 6.45) is 1.30. The van der Waals surface area contributed by atoms with Crippen molar-refractivity contribution in [1.29, 1.82) is 0 Å². The smallest absolute Gasteiger partial charge is 0.0110 e. The number of hydrogen-bond donors (Lipinski definition) is 1. The molecular weight excluding hydrogens is 148 g/mol. The summed E-state index contributed by atoms with van der Waals surface area (Å²) in [7, 11) is 0. The Balaban J connectivity index is 2.36. The highest BCUT2D eigenvalue weighted by molar-refractivity contribution is 4.73. The monoisotopic (exact) mass is 170 g/mol. The zero-order valence-corrected chi connectivity index (χ0v) is 8.64. The quantitative estimate of drug-likeness (QED) is 0.672. The molecule has 1 rings (SSSR count). The molecule has 2 nitrogen and oxygen atoms in total. The first-order valence-corrected chi connectivity index (χ1v) is 5.15. The molecule has 72 valence electrons. The summed E-state index contributed by atoms with van der Waals surface area (Å²) in [6.45, 7) is 11.8. The van der Waals surface area contributed by atoms with E-state index < -0.39 is 0 Å². The highest BCUT2D eigenvalue weighted by Crippen LogP contribution is 2.08. The van der Waals surface area contributed by atoms with Gasteiger partial charge in [-0.05, 0) is 25.8 Å².